The smallest absolute Gasteiger partial charge is 0.344 e. The van der Waals surface area contributed by atoms with Crippen molar-refractivity contribution in [1.29, 1.82) is 0 Å². The van der Waals surface area contributed by atoms with Crippen molar-refractivity contribution < 1.29 is 23.6 Å². The topological polar surface area (TPSA) is 96.5 Å². The number of ether oxygens (including phenoxy) is 2. The first-order valence-corrected chi connectivity index (χ1v) is 8.62. The lowest BCUT2D eigenvalue weighted by Gasteiger charge is -2.10. The SMILES string of the molecule is CCCCOC(=O)COc1cc(F)c(-n2nc(C)c(Cl)c2C)cc1[N+](=O)[O-]. The molecule has 0 aliphatic carbocycles. The zero-order chi connectivity index (χ0) is 20.1. The number of carbonyl (C=O) groups excluding carboxylic acids is 1. The number of nitro benzene ring substituents is 1. The molecule has 8 nitrogen and oxygen atoms in total. The van der Waals surface area contributed by atoms with Crippen LogP contribution in [0.15, 0.2) is 12.1 Å². The standard InChI is InChI=1S/C17H19ClFN3O5/c1-4-5-6-26-16(23)9-27-15-7-12(19)13(8-14(15)22(24)25)21-11(3)17(18)10(2)20-21/h7-8H,4-6,9H2,1-3H3. The predicted molar refractivity (Wildman–Crippen MR) is 96.0 cm³/mol. The Kier molecular flexibility index (Phi) is 6.73. The van der Waals surface area contributed by atoms with Gasteiger partial charge in [-0.25, -0.2) is 13.9 Å². The van der Waals surface area contributed by atoms with Crippen LogP contribution in [0.4, 0.5) is 10.1 Å². The summed E-state index contributed by atoms with van der Waals surface area (Å²) < 4.78 is 25.7. The number of aromatic nitrogens is 2. The van der Waals surface area contributed by atoms with Crippen LogP contribution in [0, 0.1) is 29.8 Å². The second-order valence-corrected chi connectivity index (χ2v) is 6.17. The molecule has 2 rings (SSSR count). The molecule has 1 aromatic carbocycles. The van der Waals surface area contributed by atoms with Crippen molar-refractivity contribution >= 4 is 23.3 Å². The summed E-state index contributed by atoms with van der Waals surface area (Å²) >= 11 is 6.06. The number of aryl methyl sites for hydroxylation is 1. The van der Waals surface area contributed by atoms with Gasteiger partial charge in [0.15, 0.2) is 12.4 Å². The van der Waals surface area contributed by atoms with Crippen LogP contribution < -0.4 is 4.74 Å². The maximum Gasteiger partial charge on any atom is 0.344 e. The van der Waals surface area contributed by atoms with E-state index in [1.165, 1.54) is 4.68 Å². The van der Waals surface area contributed by atoms with Crippen LogP contribution in [0.1, 0.15) is 31.2 Å². The first-order chi connectivity index (χ1) is 12.8. The minimum Gasteiger partial charge on any atom is -0.475 e. The summed E-state index contributed by atoms with van der Waals surface area (Å²) in [7, 11) is 0. The van der Waals surface area contributed by atoms with Gasteiger partial charge < -0.3 is 9.47 Å². The highest BCUT2D eigenvalue weighted by molar-refractivity contribution is 6.31. The van der Waals surface area contributed by atoms with Crippen LogP contribution in [0.2, 0.25) is 5.02 Å². The summed E-state index contributed by atoms with van der Waals surface area (Å²) in [6.45, 7) is 4.86. The number of halogens is 2. The van der Waals surface area contributed by atoms with E-state index in [1.54, 1.807) is 13.8 Å². The summed E-state index contributed by atoms with van der Waals surface area (Å²) in [5.74, 6) is -1.87. The molecule has 0 atom stereocenters. The van der Waals surface area contributed by atoms with Crippen molar-refractivity contribution in [3.8, 4) is 11.4 Å². The van der Waals surface area contributed by atoms with Gasteiger partial charge in [-0.3, -0.25) is 10.1 Å². The second kappa shape index (κ2) is 8.81. The molecule has 0 amide bonds. The molecule has 0 spiro atoms. The van der Waals surface area contributed by atoms with Gasteiger partial charge in [-0.15, -0.1) is 0 Å². The third-order valence-electron chi connectivity index (χ3n) is 3.76. The van der Waals surface area contributed by atoms with Gasteiger partial charge in [-0.1, -0.05) is 24.9 Å². The van der Waals surface area contributed by atoms with Crippen molar-refractivity contribution in [2.75, 3.05) is 13.2 Å². The molecule has 2 aromatic rings. The summed E-state index contributed by atoms with van der Waals surface area (Å²) in [5, 5.41) is 15.8. The van der Waals surface area contributed by atoms with Gasteiger partial charge in [0, 0.05) is 12.1 Å². The highest BCUT2D eigenvalue weighted by atomic mass is 35.5. The fourth-order valence-electron chi connectivity index (χ4n) is 2.32. The molecule has 0 radical (unpaired) electrons. The lowest BCUT2D eigenvalue weighted by molar-refractivity contribution is -0.385. The molecule has 0 fully saturated rings. The molecule has 0 saturated carbocycles. The summed E-state index contributed by atoms with van der Waals surface area (Å²) in [6, 6.07) is 1.83. The molecule has 10 heteroatoms. The van der Waals surface area contributed by atoms with Gasteiger partial charge in [0.25, 0.3) is 0 Å². The first kappa shape index (κ1) is 20.6. The van der Waals surface area contributed by atoms with Gasteiger partial charge >= 0.3 is 11.7 Å². The molecule has 0 N–H and O–H groups in total. The Balaban J connectivity index is 2.30. The highest BCUT2D eigenvalue weighted by Gasteiger charge is 2.24. The Bertz CT molecular complexity index is 869. The number of hydrogen-bond donors (Lipinski definition) is 0. The van der Waals surface area contributed by atoms with Crippen molar-refractivity contribution in [2.24, 2.45) is 0 Å². The number of nitro groups is 1. The van der Waals surface area contributed by atoms with Gasteiger partial charge in [-0.2, -0.15) is 5.10 Å². The highest BCUT2D eigenvalue weighted by Crippen LogP contribution is 2.33. The summed E-state index contributed by atoms with van der Waals surface area (Å²) in [5.41, 5.74) is 0.255. The molecule has 0 aliphatic heterocycles. The largest absolute Gasteiger partial charge is 0.475 e. The Hall–Kier alpha value is -2.68. The fourth-order valence-corrected chi connectivity index (χ4v) is 2.44. The zero-order valence-corrected chi connectivity index (χ0v) is 15.9. The Morgan fingerprint density at radius 2 is 2.11 bits per heavy atom. The fraction of sp³-hybridized carbons (Fsp3) is 0.412. The number of esters is 1. The maximum atomic E-state index is 14.6. The molecule has 1 heterocycles. The molecule has 27 heavy (non-hydrogen) atoms. The molecule has 1 aromatic heterocycles. The van der Waals surface area contributed by atoms with Crippen molar-refractivity contribution in [1.82, 2.24) is 9.78 Å². The quantitative estimate of drug-likeness (QED) is 0.289. The third-order valence-corrected chi connectivity index (χ3v) is 4.31. The van der Waals surface area contributed by atoms with E-state index in [0.717, 1.165) is 18.6 Å². The Morgan fingerprint density at radius 1 is 1.41 bits per heavy atom. The van der Waals surface area contributed by atoms with Crippen LogP contribution in [0.5, 0.6) is 5.75 Å². The van der Waals surface area contributed by atoms with Crippen LogP contribution in [-0.4, -0.2) is 33.9 Å². The first-order valence-electron chi connectivity index (χ1n) is 8.24. The Morgan fingerprint density at radius 3 is 2.67 bits per heavy atom. The van der Waals surface area contributed by atoms with Gasteiger partial charge in [0.05, 0.1) is 27.9 Å². The molecule has 0 saturated heterocycles. The van der Waals surface area contributed by atoms with Crippen LogP contribution in [0.3, 0.4) is 0 Å². The average molecular weight is 400 g/mol. The Labute approximate surface area is 160 Å². The average Bonchev–Trinajstić information content (AvgIpc) is 2.87. The monoisotopic (exact) mass is 399 g/mol. The summed E-state index contributed by atoms with van der Waals surface area (Å²) in [6.07, 6.45) is 1.54. The van der Waals surface area contributed by atoms with Gasteiger partial charge in [-0.05, 0) is 20.3 Å². The minimum absolute atomic E-state index is 0.146. The van der Waals surface area contributed by atoms with Crippen molar-refractivity contribution in [3.05, 3.63) is 44.5 Å². The number of unbranched alkanes of at least 4 members (excludes halogenated alkanes) is 1. The molecule has 0 bridgehead atoms. The maximum absolute atomic E-state index is 14.6. The van der Waals surface area contributed by atoms with E-state index < -0.39 is 29.0 Å². The minimum atomic E-state index is -0.808. The van der Waals surface area contributed by atoms with E-state index in [-0.39, 0.29) is 18.0 Å². The molecule has 146 valence electrons. The van der Waals surface area contributed by atoms with E-state index in [1.807, 2.05) is 6.92 Å². The van der Waals surface area contributed by atoms with E-state index in [9.17, 15) is 19.3 Å². The lowest BCUT2D eigenvalue weighted by Crippen LogP contribution is -2.16. The number of carbonyl (C=O) groups is 1. The molecular formula is C17H19ClFN3O5. The lowest BCUT2D eigenvalue weighted by atomic mass is 10.2. The molecular weight excluding hydrogens is 381 g/mol. The van der Waals surface area contributed by atoms with Gasteiger partial charge in [0.2, 0.25) is 5.75 Å². The summed E-state index contributed by atoms with van der Waals surface area (Å²) in [4.78, 5) is 22.2. The number of benzene rings is 1. The zero-order valence-electron chi connectivity index (χ0n) is 15.1. The third kappa shape index (κ3) is 4.73. The molecule has 0 unspecified atom stereocenters. The van der Waals surface area contributed by atoms with Crippen LogP contribution in [-0.2, 0) is 9.53 Å². The predicted octanol–water partition coefficient (Wildman–Crippen LogP) is 3.91. The van der Waals surface area contributed by atoms with Crippen molar-refractivity contribution in [3.63, 3.8) is 0 Å². The van der Waals surface area contributed by atoms with E-state index in [2.05, 4.69) is 5.10 Å². The second-order valence-electron chi connectivity index (χ2n) is 5.79. The number of nitrogens with zero attached hydrogens (tertiary/aromatic N) is 3. The van der Waals surface area contributed by atoms with Crippen LogP contribution >= 0.6 is 11.6 Å². The van der Waals surface area contributed by atoms with Gasteiger partial charge in [0.1, 0.15) is 5.69 Å². The number of hydrogen-bond acceptors (Lipinski definition) is 6. The van der Waals surface area contributed by atoms with E-state index in [4.69, 9.17) is 21.1 Å². The molecule has 0 aliphatic rings. The van der Waals surface area contributed by atoms with E-state index in [0.29, 0.717) is 22.8 Å². The number of rotatable bonds is 8. The van der Waals surface area contributed by atoms with Crippen LogP contribution in [0.25, 0.3) is 5.69 Å². The normalized spacial score (nSPS) is 10.7. The van der Waals surface area contributed by atoms with E-state index >= 15 is 0 Å². The van der Waals surface area contributed by atoms with Crippen molar-refractivity contribution in [2.45, 2.75) is 33.6 Å².